The summed E-state index contributed by atoms with van der Waals surface area (Å²) in [5.41, 5.74) is 6.88. The first kappa shape index (κ1) is 14.3. The van der Waals surface area contributed by atoms with Gasteiger partial charge in [0.1, 0.15) is 0 Å². The standard InChI is InChI=1S/C19H18N2O/c1-13-5-4-6-17(9-13)18(19-20-12-21-22-19)11-16-8-7-14(2)15(3)10-16/h4-12H,1-3H3/b18-11+. The molecule has 0 spiro atoms. The summed E-state index contributed by atoms with van der Waals surface area (Å²) in [7, 11) is 0. The van der Waals surface area contributed by atoms with Crippen LogP contribution < -0.4 is 0 Å². The molecule has 0 aliphatic heterocycles. The van der Waals surface area contributed by atoms with Gasteiger partial charge in [0.05, 0.1) is 0 Å². The van der Waals surface area contributed by atoms with Crippen LogP contribution in [0.25, 0.3) is 11.6 Å². The van der Waals surface area contributed by atoms with E-state index in [1.807, 2.05) is 6.07 Å². The van der Waals surface area contributed by atoms with Crippen LogP contribution in [0.3, 0.4) is 0 Å². The van der Waals surface area contributed by atoms with Crippen molar-refractivity contribution < 1.29 is 4.52 Å². The summed E-state index contributed by atoms with van der Waals surface area (Å²) in [5.74, 6) is 0.531. The minimum absolute atomic E-state index is 0.531. The van der Waals surface area contributed by atoms with E-state index in [-0.39, 0.29) is 0 Å². The van der Waals surface area contributed by atoms with Crippen molar-refractivity contribution in [3.63, 3.8) is 0 Å². The van der Waals surface area contributed by atoms with E-state index in [0.29, 0.717) is 5.89 Å². The van der Waals surface area contributed by atoms with Gasteiger partial charge in [-0.2, -0.15) is 4.98 Å². The van der Waals surface area contributed by atoms with E-state index in [1.54, 1.807) is 0 Å². The molecular weight excluding hydrogens is 272 g/mol. The molecule has 0 aliphatic rings. The molecule has 0 radical (unpaired) electrons. The monoisotopic (exact) mass is 290 g/mol. The van der Waals surface area contributed by atoms with Gasteiger partial charge in [-0.25, -0.2) is 0 Å². The number of hydrogen-bond acceptors (Lipinski definition) is 3. The molecule has 0 saturated heterocycles. The smallest absolute Gasteiger partial charge is 0.258 e. The number of rotatable bonds is 3. The topological polar surface area (TPSA) is 38.9 Å². The highest BCUT2D eigenvalue weighted by Crippen LogP contribution is 2.25. The first-order chi connectivity index (χ1) is 10.6. The van der Waals surface area contributed by atoms with Gasteiger partial charge in [-0.3, -0.25) is 0 Å². The Hall–Kier alpha value is -2.68. The van der Waals surface area contributed by atoms with Gasteiger partial charge in [-0.15, -0.1) is 0 Å². The number of aryl methyl sites for hydroxylation is 3. The highest BCUT2D eigenvalue weighted by Gasteiger charge is 2.11. The molecule has 110 valence electrons. The van der Waals surface area contributed by atoms with Crippen molar-refractivity contribution in [2.24, 2.45) is 0 Å². The van der Waals surface area contributed by atoms with E-state index in [2.05, 4.69) is 73.4 Å². The molecule has 0 amide bonds. The Bertz CT molecular complexity index is 817. The molecule has 0 fully saturated rings. The Kier molecular flexibility index (Phi) is 3.88. The van der Waals surface area contributed by atoms with Crippen LogP contribution in [0.5, 0.6) is 0 Å². The Balaban J connectivity index is 2.13. The number of aromatic nitrogens is 2. The van der Waals surface area contributed by atoms with Gasteiger partial charge in [-0.05, 0) is 49.1 Å². The van der Waals surface area contributed by atoms with E-state index in [1.165, 1.54) is 23.0 Å². The van der Waals surface area contributed by atoms with Crippen LogP contribution in [0.1, 0.15) is 33.7 Å². The maximum absolute atomic E-state index is 5.29. The molecule has 3 heteroatoms. The highest BCUT2D eigenvalue weighted by atomic mass is 16.5. The molecule has 22 heavy (non-hydrogen) atoms. The van der Waals surface area contributed by atoms with Crippen LogP contribution in [0, 0.1) is 20.8 Å². The van der Waals surface area contributed by atoms with Gasteiger partial charge in [0.15, 0.2) is 6.33 Å². The largest absolute Gasteiger partial charge is 0.334 e. The summed E-state index contributed by atoms with van der Waals surface area (Å²) in [6.45, 7) is 6.30. The zero-order valence-corrected chi connectivity index (χ0v) is 13.0. The fourth-order valence-corrected chi connectivity index (χ4v) is 2.39. The van der Waals surface area contributed by atoms with Gasteiger partial charge < -0.3 is 4.52 Å². The molecule has 0 bridgehead atoms. The summed E-state index contributed by atoms with van der Waals surface area (Å²) in [6.07, 6.45) is 3.52. The predicted octanol–water partition coefficient (Wildman–Crippen LogP) is 4.58. The second-order valence-electron chi connectivity index (χ2n) is 5.52. The predicted molar refractivity (Wildman–Crippen MR) is 88.4 cm³/mol. The van der Waals surface area contributed by atoms with Gasteiger partial charge in [0.25, 0.3) is 5.89 Å². The van der Waals surface area contributed by atoms with Crippen molar-refractivity contribution in [1.82, 2.24) is 10.1 Å². The van der Waals surface area contributed by atoms with Crippen molar-refractivity contribution in [1.29, 1.82) is 0 Å². The van der Waals surface area contributed by atoms with Crippen molar-refractivity contribution in [3.05, 3.63) is 82.5 Å². The quantitative estimate of drug-likeness (QED) is 0.662. The average molecular weight is 290 g/mol. The molecule has 0 unspecified atom stereocenters. The van der Waals surface area contributed by atoms with Crippen LogP contribution >= 0.6 is 0 Å². The van der Waals surface area contributed by atoms with E-state index in [0.717, 1.165) is 16.7 Å². The van der Waals surface area contributed by atoms with E-state index < -0.39 is 0 Å². The lowest BCUT2D eigenvalue weighted by molar-refractivity contribution is 0.407. The Morgan fingerprint density at radius 1 is 1.00 bits per heavy atom. The third-order valence-electron chi connectivity index (χ3n) is 3.76. The first-order valence-electron chi connectivity index (χ1n) is 7.26. The lowest BCUT2D eigenvalue weighted by Crippen LogP contribution is -1.90. The van der Waals surface area contributed by atoms with Crippen LogP contribution in [0.4, 0.5) is 0 Å². The Labute approximate surface area is 130 Å². The molecule has 3 nitrogen and oxygen atoms in total. The molecular formula is C19H18N2O. The third-order valence-corrected chi connectivity index (χ3v) is 3.76. The maximum Gasteiger partial charge on any atom is 0.258 e. The zero-order chi connectivity index (χ0) is 15.5. The average Bonchev–Trinajstić information content (AvgIpc) is 3.02. The zero-order valence-electron chi connectivity index (χ0n) is 13.0. The third kappa shape index (κ3) is 2.98. The minimum Gasteiger partial charge on any atom is -0.334 e. The Morgan fingerprint density at radius 2 is 1.86 bits per heavy atom. The Morgan fingerprint density at radius 3 is 2.55 bits per heavy atom. The molecule has 0 aliphatic carbocycles. The normalized spacial score (nSPS) is 11.7. The summed E-state index contributed by atoms with van der Waals surface area (Å²) in [6, 6.07) is 14.7. The lowest BCUT2D eigenvalue weighted by atomic mass is 9.99. The summed E-state index contributed by atoms with van der Waals surface area (Å²) in [5, 5.41) is 3.74. The molecule has 1 heterocycles. The van der Waals surface area contributed by atoms with Crippen molar-refractivity contribution in [3.8, 4) is 0 Å². The summed E-state index contributed by atoms with van der Waals surface area (Å²) >= 11 is 0. The van der Waals surface area contributed by atoms with E-state index in [4.69, 9.17) is 4.52 Å². The van der Waals surface area contributed by atoms with Crippen LogP contribution in [0.15, 0.2) is 53.3 Å². The first-order valence-corrected chi connectivity index (χ1v) is 7.26. The van der Waals surface area contributed by atoms with Crippen LogP contribution in [-0.2, 0) is 0 Å². The minimum atomic E-state index is 0.531. The fraction of sp³-hybridized carbons (Fsp3) is 0.158. The van der Waals surface area contributed by atoms with E-state index >= 15 is 0 Å². The molecule has 0 atom stereocenters. The molecule has 0 saturated carbocycles. The van der Waals surface area contributed by atoms with Gasteiger partial charge >= 0.3 is 0 Å². The fourth-order valence-electron chi connectivity index (χ4n) is 2.39. The highest BCUT2D eigenvalue weighted by molar-refractivity contribution is 5.88. The summed E-state index contributed by atoms with van der Waals surface area (Å²) < 4.78 is 5.29. The van der Waals surface area contributed by atoms with Gasteiger partial charge in [0, 0.05) is 5.57 Å². The van der Waals surface area contributed by atoms with Crippen LogP contribution in [-0.4, -0.2) is 10.1 Å². The van der Waals surface area contributed by atoms with Crippen LogP contribution in [0.2, 0.25) is 0 Å². The second-order valence-corrected chi connectivity index (χ2v) is 5.52. The molecule has 2 aromatic carbocycles. The number of nitrogens with zero attached hydrogens (tertiary/aromatic N) is 2. The lowest BCUT2D eigenvalue weighted by Gasteiger charge is -2.06. The van der Waals surface area contributed by atoms with Crippen molar-refractivity contribution in [2.75, 3.05) is 0 Å². The number of benzene rings is 2. The SMILES string of the molecule is Cc1cccc(/C(=C\c2ccc(C)c(C)c2)c2ncno2)c1. The molecule has 3 aromatic rings. The molecule has 3 rings (SSSR count). The molecule has 0 N–H and O–H groups in total. The van der Waals surface area contributed by atoms with Crippen molar-refractivity contribution in [2.45, 2.75) is 20.8 Å². The van der Waals surface area contributed by atoms with Gasteiger partial charge in [0.2, 0.25) is 0 Å². The number of hydrogen-bond donors (Lipinski definition) is 0. The maximum atomic E-state index is 5.29. The second kappa shape index (κ2) is 5.98. The van der Waals surface area contributed by atoms with E-state index in [9.17, 15) is 0 Å². The molecule has 1 aromatic heterocycles. The summed E-state index contributed by atoms with van der Waals surface area (Å²) in [4.78, 5) is 4.21. The van der Waals surface area contributed by atoms with Gasteiger partial charge in [-0.1, -0.05) is 53.2 Å². The van der Waals surface area contributed by atoms with Crippen molar-refractivity contribution >= 4 is 11.6 Å².